The van der Waals surface area contributed by atoms with Crippen LogP contribution in [0.4, 0.5) is 0 Å². The summed E-state index contributed by atoms with van der Waals surface area (Å²) in [6.45, 7) is 19.8. The van der Waals surface area contributed by atoms with Crippen molar-refractivity contribution in [3.8, 4) is 0 Å². The fourth-order valence-electron chi connectivity index (χ4n) is 10.6. The van der Waals surface area contributed by atoms with Gasteiger partial charge in [-0.15, -0.1) is 0 Å². The summed E-state index contributed by atoms with van der Waals surface area (Å²) >= 11 is 0. The minimum absolute atomic E-state index is 0.112. The van der Waals surface area contributed by atoms with Crippen LogP contribution in [0, 0.1) is 44.3 Å². The minimum atomic E-state index is -0.596. The van der Waals surface area contributed by atoms with Crippen LogP contribution in [0.1, 0.15) is 120 Å². The van der Waals surface area contributed by atoms with E-state index >= 15 is 0 Å². The first-order valence-corrected chi connectivity index (χ1v) is 13.7. The summed E-state index contributed by atoms with van der Waals surface area (Å²) in [6.07, 6.45) is 11.3. The lowest BCUT2D eigenvalue weighted by Crippen LogP contribution is -2.66. The molecule has 0 heterocycles. The fraction of sp³-hybridized carbons (Fsp3) is 0.933. The van der Waals surface area contributed by atoms with Crippen molar-refractivity contribution >= 4 is 0 Å². The SMILES string of the molecule is CC1(C)CC[C@]2(C)CC[C@]3(C)C(=C2C1)CC[C@@H]1[C@@]2(C)C[C@@H](O)[C@@H](O)C(C)(C)C2CC[C@]13C. The number of aliphatic hydroxyl groups is 2. The van der Waals surface area contributed by atoms with Crippen molar-refractivity contribution in [1.29, 1.82) is 0 Å². The van der Waals surface area contributed by atoms with Crippen molar-refractivity contribution in [1.82, 2.24) is 0 Å². The average molecular weight is 443 g/mol. The van der Waals surface area contributed by atoms with Gasteiger partial charge in [-0.2, -0.15) is 0 Å². The molecule has 0 aliphatic heterocycles. The quantitative estimate of drug-likeness (QED) is 0.387. The maximum Gasteiger partial charge on any atom is 0.0852 e. The summed E-state index contributed by atoms with van der Waals surface area (Å²) in [7, 11) is 0. The van der Waals surface area contributed by atoms with Gasteiger partial charge in [0.15, 0.2) is 0 Å². The first-order chi connectivity index (χ1) is 14.6. The molecule has 5 aliphatic rings. The molecule has 8 atom stereocenters. The Labute approximate surface area is 197 Å². The summed E-state index contributed by atoms with van der Waals surface area (Å²) in [5, 5.41) is 21.9. The predicted molar refractivity (Wildman–Crippen MR) is 132 cm³/mol. The van der Waals surface area contributed by atoms with E-state index in [1.54, 1.807) is 0 Å². The second-order valence-electron chi connectivity index (χ2n) is 15.3. The topological polar surface area (TPSA) is 40.5 Å². The van der Waals surface area contributed by atoms with Crippen LogP contribution in [0.2, 0.25) is 0 Å². The van der Waals surface area contributed by atoms with Gasteiger partial charge in [0.2, 0.25) is 0 Å². The molecule has 1 unspecified atom stereocenters. The molecule has 4 saturated carbocycles. The fourth-order valence-corrected chi connectivity index (χ4v) is 10.6. The molecule has 0 aromatic heterocycles. The van der Waals surface area contributed by atoms with Crippen LogP contribution in [0.5, 0.6) is 0 Å². The van der Waals surface area contributed by atoms with Crippen molar-refractivity contribution in [2.75, 3.05) is 0 Å². The van der Waals surface area contributed by atoms with Gasteiger partial charge in [-0.1, -0.05) is 66.5 Å². The second kappa shape index (κ2) is 6.66. The summed E-state index contributed by atoms with van der Waals surface area (Å²) in [5.41, 5.74) is 5.06. The van der Waals surface area contributed by atoms with Crippen LogP contribution in [0.25, 0.3) is 0 Å². The lowest BCUT2D eigenvalue weighted by molar-refractivity contribution is -0.233. The molecule has 32 heavy (non-hydrogen) atoms. The molecule has 0 spiro atoms. The molecular weight excluding hydrogens is 392 g/mol. The molecule has 0 amide bonds. The van der Waals surface area contributed by atoms with Crippen molar-refractivity contribution < 1.29 is 10.2 Å². The van der Waals surface area contributed by atoms with Crippen LogP contribution < -0.4 is 0 Å². The Morgan fingerprint density at radius 1 is 0.719 bits per heavy atom. The zero-order chi connectivity index (χ0) is 23.5. The third-order valence-electron chi connectivity index (χ3n) is 12.9. The van der Waals surface area contributed by atoms with E-state index in [9.17, 15) is 10.2 Å². The van der Waals surface area contributed by atoms with E-state index in [2.05, 4.69) is 55.4 Å². The zero-order valence-corrected chi connectivity index (χ0v) is 22.3. The first-order valence-electron chi connectivity index (χ1n) is 13.7. The molecule has 0 saturated heterocycles. The summed E-state index contributed by atoms with van der Waals surface area (Å²) in [4.78, 5) is 0. The smallest absolute Gasteiger partial charge is 0.0852 e. The number of allylic oxidation sites excluding steroid dienone is 2. The van der Waals surface area contributed by atoms with E-state index in [0.717, 1.165) is 6.42 Å². The maximum atomic E-state index is 11.0. The molecule has 4 fully saturated rings. The van der Waals surface area contributed by atoms with E-state index in [0.29, 0.717) is 28.1 Å². The van der Waals surface area contributed by atoms with Crippen LogP contribution in [0.15, 0.2) is 11.1 Å². The van der Waals surface area contributed by atoms with Gasteiger partial charge in [-0.25, -0.2) is 0 Å². The highest BCUT2D eigenvalue weighted by atomic mass is 16.3. The van der Waals surface area contributed by atoms with Crippen LogP contribution in [-0.4, -0.2) is 22.4 Å². The van der Waals surface area contributed by atoms with Gasteiger partial charge >= 0.3 is 0 Å². The van der Waals surface area contributed by atoms with Gasteiger partial charge in [0, 0.05) is 0 Å². The molecule has 0 aromatic carbocycles. The molecule has 2 N–H and O–H groups in total. The van der Waals surface area contributed by atoms with Crippen LogP contribution in [0.3, 0.4) is 0 Å². The van der Waals surface area contributed by atoms with Gasteiger partial charge in [-0.05, 0) is 109 Å². The number of aliphatic hydroxyl groups excluding tert-OH is 2. The molecular formula is C30H50O2. The Hall–Kier alpha value is -0.340. The number of hydrogen-bond donors (Lipinski definition) is 2. The summed E-state index contributed by atoms with van der Waals surface area (Å²) < 4.78 is 0. The van der Waals surface area contributed by atoms with E-state index < -0.39 is 12.2 Å². The largest absolute Gasteiger partial charge is 0.390 e. The van der Waals surface area contributed by atoms with E-state index in [4.69, 9.17) is 0 Å². The molecule has 2 nitrogen and oxygen atoms in total. The van der Waals surface area contributed by atoms with E-state index in [-0.39, 0.29) is 16.2 Å². The van der Waals surface area contributed by atoms with Gasteiger partial charge in [0.1, 0.15) is 0 Å². The summed E-state index contributed by atoms with van der Waals surface area (Å²) in [6, 6.07) is 0. The second-order valence-corrected chi connectivity index (χ2v) is 15.3. The minimum Gasteiger partial charge on any atom is -0.390 e. The third-order valence-corrected chi connectivity index (χ3v) is 12.9. The predicted octanol–water partition coefficient (Wildman–Crippen LogP) is 7.28. The molecule has 5 aliphatic carbocycles. The maximum absolute atomic E-state index is 11.0. The highest BCUT2D eigenvalue weighted by Crippen LogP contribution is 2.75. The molecule has 0 bridgehead atoms. The van der Waals surface area contributed by atoms with Gasteiger partial charge in [0.25, 0.3) is 0 Å². The number of fused-ring (bicyclic) bond motifs is 6. The normalized spacial score (nSPS) is 54.2. The monoisotopic (exact) mass is 442 g/mol. The van der Waals surface area contributed by atoms with E-state index in [1.165, 1.54) is 57.8 Å². The first kappa shape index (κ1) is 23.4. The van der Waals surface area contributed by atoms with Crippen molar-refractivity contribution in [3.05, 3.63) is 11.1 Å². The lowest BCUT2D eigenvalue weighted by Gasteiger charge is -2.71. The molecule has 0 aromatic rings. The van der Waals surface area contributed by atoms with E-state index in [1.807, 2.05) is 11.1 Å². The third kappa shape index (κ3) is 2.78. The Balaban J connectivity index is 1.60. The Bertz CT molecular complexity index is 838. The molecule has 5 rings (SSSR count). The highest BCUT2D eigenvalue weighted by molar-refractivity contribution is 5.38. The van der Waals surface area contributed by atoms with Crippen molar-refractivity contribution in [2.24, 2.45) is 44.3 Å². The van der Waals surface area contributed by atoms with Crippen molar-refractivity contribution in [3.63, 3.8) is 0 Å². The standard InChI is InChI=1S/C30H50O2/c1-25(2)13-14-27(5)15-16-29(7)19(20(27)17-25)9-10-23-28(6)18-21(31)24(32)26(3,4)22(28)11-12-30(23,29)8/h21-24,31-32H,9-18H2,1-8H3/t21-,22?,23-,24-,27-,28+,29-,30-/m1/s1. The lowest BCUT2D eigenvalue weighted by atomic mass is 9.34. The molecule has 2 heteroatoms. The Kier molecular flexibility index (Phi) is 4.87. The number of rotatable bonds is 0. The summed E-state index contributed by atoms with van der Waals surface area (Å²) in [5.74, 6) is 1.12. The highest BCUT2D eigenvalue weighted by Gasteiger charge is 2.68. The number of hydrogen-bond acceptors (Lipinski definition) is 2. The van der Waals surface area contributed by atoms with Crippen molar-refractivity contribution in [2.45, 2.75) is 132 Å². The van der Waals surface area contributed by atoms with Gasteiger partial charge in [-0.3, -0.25) is 0 Å². The molecule has 182 valence electrons. The zero-order valence-electron chi connectivity index (χ0n) is 22.3. The Morgan fingerprint density at radius 3 is 2.06 bits per heavy atom. The van der Waals surface area contributed by atoms with Gasteiger partial charge in [0.05, 0.1) is 12.2 Å². The van der Waals surface area contributed by atoms with Crippen LogP contribution >= 0.6 is 0 Å². The van der Waals surface area contributed by atoms with Crippen LogP contribution in [-0.2, 0) is 0 Å². The molecule has 0 radical (unpaired) electrons. The van der Waals surface area contributed by atoms with Gasteiger partial charge < -0.3 is 10.2 Å². The Morgan fingerprint density at radius 2 is 1.38 bits per heavy atom. The average Bonchev–Trinajstić information content (AvgIpc) is 2.68.